The summed E-state index contributed by atoms with van der Waals surface area (Å²) in [4.78, 5) is 13.5. The number of rotatable bonds is 2. The molecule has 0 bridgehead atoms. The van der Waals surface area contributed by atoms with Crippen LogP contribution in [0, 0.1) is 57.2 Å². The third-order valence-corrected chi connectivity index (χ3v) is 5.01. The fourth-order valence-electron chi connectivity index (χ4n) is 3.80. The summed E-state index contributed by atoms with van der Waals surface area (Å²) in [6, 6.07) is 6.25. The molecule has 0 unspecified atom stereocenters. The molecule has 1 heterocycles. The van der Waals surface area contributed by atoms with Crippen molar-refractivity contribution in [3.05, 3.63) is 22.9 Å². The van der Waals surface area contributed by atoms with Gasteiger partial charge in [0.2, 0.25) is 5.91 Å². The lowest BCUT2D eigenvalue weighted by molar-refractivity contribution is -0.129. The Labute approximate surface area is 142 Å². The Hall–Kier alpha value is -2.78. The van der Waals surface area contributed by atoms with Gasteiger partial charge in [-0.05, 0) is 17.9 Å². The van der Waals surface area contributed by atoms with Crippen molar-refractivity contribution in [3.63, 3.8) is 0 Å². The van der Waals surface area contributed by atoms with Crippen LogP contribution in [0.1, 0.15) is 27.2 Å². The molecule has 0 saturated heterocycles. The Balaban J connectivity index is 2.69. The van der Waals surface area contributed by atoms with Crippen LogP contribution in [0.2, 0.25) is 0 Å². The second-order valence-electron chi connectivity index (χ2n) is 6.86. The number of hydrogen-bond donors (Lipinski definition) is 1. The number of nitrogens with two attached hydrogens (primary N) is 1. The minimum atomic E-state index is -1.53. The van der Waals surface area contributed by atoms with Crippen molar-refractivity contribution in [2.24, 2.45) is 28.9 Å². The third kappa shape index (κ3) is 2.53. The fraction of sp³-hybridized carbons (Fsp3) is 0.556. The van der Waals surface area contributed by atoms with Crippen molar-refractivity contribution in [3.8, 4) is 18.2 Å². The highest BCUT2D eigenvalue weighted by atomic mass is 16.2. The molecule has 6 heteroatoms. The molecule has 0 saturated carbocycles. The predicted octanol–water partition coefficient (Wildman–Crippen LogP) is 1.84. The molecule has 2 aliphatic rings. The molecule has 2 rings (SSSR count). The summed E-state index contributed by atoms with van der Waals surface area (Å²) in [6.07, 6.45) is 2.46. The van der Waals surface area contributed by atoms with Crippen LogP contribution in [0.5, 0.6) is 0 Å². The summed E-state index contributed by atoms with van der Waals surface area (Å²) >= 11 is 0. The van der Waals surface area contributed by atoms with Crippen molar-refractivity contribution >= 4 is 5.91 Å². The molecule has 1 aliphatic carbocycles. The Kier molecular flexibility index (Phi) is 4.67. The highest BCUT2D eigenvalue weighted by Crippen LogP contribution is 2.51. The van der Waals surface area contributed by atoms with Gasteiger partial charge in [0, 0.05) is 31.8 Å². The standard InChI is InChI=1S/C18H21N5O/c1-11(2)6-16-15-8-23(12(3)24)5-4-13(15)14(7-19)17(22)18(16,9-20)10-21/h4,11,15-16H,5-6,8,22H2,1-3H3/t15-,16-/m1/s1. The van der Waals surface area contributed by atoms with Gasteiger partial charge >= 0.3 is 0 Å². The van der Waals surface area contributed by atoms with Gasteiger partial charge in [0.1, 0.15) is 6.07 Å². The number of amides is 1. The SMILES string of the molecule is CC(=O)N1CC=C2C(C#N)=C(N)C(C#N)(C#N)[C@H](CC(C)C)[C@@H]2C1. The lowest BCUT2D eigenvalue weighted by Crippen LogP contribution is -2.50. The van der Waals surface area contributed by atoms with Gasteiger partial charge in [-0.25, -0.2) is 0 Å². The topological polar surface area (TPSA) is 118 Å². The molecule has 6 nitrogen and oxygen atoms in total. The summed E-state index contributed by atoms with van der Waals surface area (Å²) < 4.78 is 0. The van der Waals surface area contributed by atoms with Gasteiger partial charge in [0.25, 0.3) is 0 Å². The molecule has 0 aromatic heterocycles. The molecule has 24 heavy (non-hydrogen) atoms. The zero-order valence-corrected chi connectivity index (χ0v) is 14.2. The minimum Gasteiger partial charge on any atom is -0.399 e. The molecule has 0 spiro atoms. The summed E-state index contributed by atoms with van der Waals surface area (Å²) in [5, 5.41) is 29.1. The Morgan fingerprint density at radius 2 is 2.04 bits per heavy atom. The summed E-state index contributed by atoms with van der Waals surface area (Å²) in [5.41, 5.74) is 5.68. The Bertz CT molecular complexity index is 727. The second kappa shape index (κ2) is 6.38. The van der Waals surface area contributed by atoms with E-state index in [-0.39, 0.29) is 34.9 Å². The van der Waals surface area contributed by atoms with Crippen LogP contribution in [-0.4, -0.2) is 23.9 Å². The van der Waals surface area contributed by atoms with Crippen LogP contribution in [0.4, 0.5) is 0 Å². The van der Waals surface area contributed by atoms with E-state index in [0.717, 1.165) is 5.57 Å². The van der Waals surface area contributed by atoms with E-state index in [9.17, 15) is 20.6 Å². The first kappa shape index (κ1) is 17.6. The molecule has 1 amide bonds. The van der Waals surface area contributed by atoms with Crippen LogP contribution in [0.15, 0.2) is 22.9 Å². The third-order valence-electron chi connectivity index (χ3n) is 5.01. The molecule has 0 aromatic carbocycles. The molecular weight excluding hydrogens is 302 g/mol. The molecule has 0 fully saturated rings. The maximum atomic E-state index is 11.8. The predicted molar refractivity (Wildman–Crippen MR) is 87.3 cm³/mol. The summed E-state index contributed by atoms with van der Waals surface area (Å²) in [7, 11) is 0. The summed E-state index contributed by atoms with van der Waals surface area (Å²) in [6.45, 7) is 6.36. The molecule has 1 aliphatic heterocycles. The lowest BCUT2D eigenvalue weighted by Gasteiger charge is -2.45. The molecular formula is C18H21N5O. The maximum Gasteiger partial charge on any atom is 0.219 e. The van der Waals surface area contributed by atoms with Crippen LogP contribution in [-0.2, 0) is 4.79 Å². The van der Waals surface area contributed by atoms with Crippen molar-refractivity contribution in [2.75, 3.05) is 13.1 Å². The monoisotopic (exact) mass is 323 g/mol. The van der Waals surface area contributed by atoms with Crippen molar-refractivity contribution in [1.82, 2.24) is 4.90 Å². The van der Waals surface area contributed by atoms with Gasteiger partial charge in [-0.2, -0.15) is 15.8 Å². The normalized spacial score (nSPS) is 25.2. The summed E-state index contributed by atoms with van der Waals surface area (Å²) in [5.74, 6) is -0.389. The van der Waals surface area contributed by atoms with E-state index < -0.39 is 5.41 Å². The maximum absolute atomic E-state index is 11.8. The Morgan fingerprint density at radius 1 is 1.42 bits per heavy atom. The number of nitriles is 3. The molecule has 2 N–H and O–H groups in total. The van der Waals surface area contributed by atoms with Gasteiger partial charge in [-0.15, -0.1) is 0 Å². The number of carbonyl (C=O) groups excluding carboxylic acids is 1. The number of nitrogens with zero attached hydrogens (tertiary/aromatic N) is 4. The van der Waals surface area contributed by atoms with Crippen molar-refractivity contribution < 1.29 is 4.79 Å². The van der Waals surface area contributed by atoms with Crippen LogP contribution < -0.4 is 5.73 Å². The van der Waals surface area contributed by atoms with Gasteiger partial charge in [-0.3, -0.25) is 4.79 Å². The van der Waals surface area contributed by atoms with E-state index in [1.807, 2.05) is 19.9 Å². The van der Waals surface area contributed by atoms with E-state index in [2.05, 4.69) is 18.2 Å². The van der Waals surface area contributed by atoms with Gasteiger partial charge in [0.05, 0.1) is 23.4 Å². The first-order valence-electron chi connectivity index (χ1n) is 8.01. The quantitative estimate of drug-likeness (QED) is 0.831. The fourth-order valence-corrected chi connectivity index (χ4v) is 3.80. The molecule has 0 radical (unpaired) electrons. The van der Waals surface area contributed by atoms with Crippen molar-refractivity contribution in [1.29, 1.82) is 15.8 Å². The Morgan fingerprint density at radius 3 is 2.50 bits per heavy atom. The number of hydrogen-bond acceptors (Lipinski definition) is 5. The molecule has 124 valence electrons. The van der Waals surface area contributed by atoms with Crippen LogP contribution in [0.3, 0.4) is 0 Å². The number of fused-ring (bicyclic) bond motifs is 1. The van der Waals surface area contributed by atoms with Gasteiger partial charge < -0.3 is 10.6 Å². The highest BCUT2D eigenvalue weighted by molar-refractivity contribution is 5.74. The first-order valence-corrected chi connectivity index (χ1v) is 8.01. The molecule has 0 aromatic rings. The van der Waals surface area contributed by atoms with E-state index in [4.69, 9.17) is 5.73 Å². The number of allylic oxidation sites excluding steroid dienone is 2. The number of carbonyl (C=O) groups is 1. The zero-order chi connectivity index (χ0) is 18.1. The minimum absolute atomic E-state index is 0.0550. The van der Waals surface area contributed by atoms with E-state index >= 15 is 0 Å². The van der Waals surface area contributed by atoms with Gasteiger partial charge in [0.15, 0.2) is 5.41 Å². The zero-order valence-electron chi connectivity index (χ0n) is 14.2. The first-order chi connectivity index (χ1) is 11.3. The molecule has 2 atom stereocenters. The lowest BCUT2D eigenvalue weighted by atomic mass is 9.58. The largest absolute Gasteiger partial charge is 0.399 e. The van der Waals surface area contributed by atoms with Gasteiger partial charge in [-0.1, -0.05) is 19.9 Å². The average molecular weight is 323 g/mol. The van der Waals surface area contributed by atoms with Crippen LogP contribution in [0.25, 0.3) is 0 Å². The van der Waals surface area contributed by atoms with E-state index in [1.54, 1.807) is 4.90 Å². The van der Waals surface area contributed by atoms with Crippen LogP contribution >= 0.6 is 0 Å². The average Bonchev–Trinajstić information content (AvgIpc) is 2.55. The van der Waals surface area contributed by atoms with Crippen molar-refractivity contribution in [2.45, 2.75) is 27.2 Å². The van der Waals surface area contributed by atoms with E-state index in [1.165, 1.54) is 6.92 Å². The second-order valence-corrected chi connectivity index (χ2v) is 6.86. The van der Waals surface area contributed by atoms with E-state index in [0.29, 0.717) is 19.5 Å². The smallest absolute Gasteiger partial charge is 0.219 e. The highest BCUT2D eigenvalue weighted by Gasteiger charge is 2.53.